The van der Waals surface area contributed by atoms with Gasteiger partial charge in [-0.25, -0.2) is 0 Å². The summed E-state index contributed by atoms with van der Waals surface area (Å²) in [5.41, 5.74) is 0. The monoisotopic (exact) mass is 198 g/mol. The first-order valence-corrected chi connectivity index (χ1v) is 5.33. The predicted molar refractivity (Wildman–Crippen MR) is 53.0 cm³/mol. The van der Waals surface area contributed by atoms with Crippen molar-refractivity contribution in [3.63, 3.8) is 0 Å². The summed E-state index contributed by atoms with van der Waals surface area (Å²) < 4.78 is 5.30. The number of hydrogen-bond acceptors (Lipinski definition) is 3. The van der Waals surface area contributed by atoms with Crippen LogP contribution in [-0.2, 0) is 9.53 Å². The average Bonchev–Trinajstić information content (AvgIpc) is 2.62. The molecule has 2 rings (SSSR count). The molecule has 0 saturated carbocycles. The Bertz CT molecular complexity index is 208. The molecule has 0 aromatic carbocycles. The van der Waals surface area contributed by atoms with E-state index in [4.69, 9.17) is 4.74 Å². The molecule has 80 valence electrons. The maximum Gasteiger partial charge on any atom is 0.249 e. The first kappa shape index (κ1) is 9.93. The summed E-state index contributed by atoms with van der Waals surface area (Å²) in [6.07, 6.45) is 1.73. The zero-order valence-electron chi connectivity index (χ0n) is 8.66. The molecule has 0 radical (unpaired) electrons. The van der Waals surface area contributed by atoms with Crippen LogP contribution in [0.4, 0.5) is 0 Å². The van der Waals surface area contributed by atoms with E-state index in [0.717, 1.165) is 39.1 Å². The summed E-state index contributed by atoms with van der Waals surface area (Å²) in [4.78, 5) is 13.8. The molecule has 0 aromatic rings. The highest BCUT2D eigenvalue weighted by Gasteiger charge is 2.27. The topological polar surface area (TPSA) is 41.6 Å². The van der Waals surface area contributed by atoms with Crippen molar-refractivity contribution in [1.82, 2.24) is 10.2 Å². The van der Waals surface area contributed by atoms with Crippen molar-refractivity contribution >= 4 is 5.91 Å². The van der Waals surface area contributed by atoms with Crippen LogP contribution in [0.2, 0.25) is 0 Å². The Kier molecular flexibility index (Phi) is 3.03. The Balaban J connectivity index is 1.62. The third kappa shape index (κ3) is 2.25. The highest BCUT2D eigenvalue weighted by atomic mass is 16.5. The molecule has 0 aliphatic carbocycles. The number of rotatable bonds is 3. The fourth-order valence-electron chi connectivity index (χ4n) is 2.10. The van der Waals surface area contributed by atoms with E-state index in [1.54, 1.807) is 0 Å². The molecule has 1 atom stereocenters. The minimum absolute atomic E-state index is 0.0806. The molecule has 1 N–H and O–H groups in total. The van der Waals surface area contributed by atoms with Crippen LogP contribution in [-0.4, -0.2) is 50.2 Å². The molecule has 0 aromatic heterocycles. The summed E-state index contributed by atoms with van der Waals surface area (Å²) in [5.74, 6) is 0.724. The van der Waals surface area contributed by atoms with Gasteiger partial charge in [-0.05, 0) is 19.9 Å². The Morgan fingerprint density at radius 3 is 2.93 bits per heavy atom. The molecule has 1 unspecified atom stereocenters. The van der Waals surface area contributed by atoms with Crippen LogP contribution < -0.4 is 5.32 Å². The van der Waals surface area contributed by atoms with Crippen LogP contribution in [0.15, 0.2) is 0 Å². The van der Waals surface area contributed by atoms with E-state index in [1.165, 1.54) is 0 Å². The summed E-state index contributed by atoms with van der Waals surface area (Å²) in [5, 5.41) is 2.96. The van der Waals surface area contributed by atoms with Crippen LogP contribution >= 0.6 is 0 Å². The van der Waals surface area contributed by atoms with Crippen molar-refractivity contribution in [2.45, 2.75) is 18.9 Å². The first-order chi connectivity index (χ1) is 6.75. The molecule has 2 saturated heterocycles. The maximum absolute atomic E-state index is 11.5. The molecular weight excluding hydrogens is 180 g/mol. The van der Waals surface area contributed by atoms with Crippen LogP contribution in [0.25, 0.3) is 0 Å². The molecule has 2 heterocycles. The van der Waals surface area contributed by atoms with Crippen LogP contribution in [0.1, 0.15) is 12.8 Å². The lowest BCUT2D eigenvalue weighted by Gasteiger charge is -2.36. The zero-order valence-corrected chi connectivity index (χ0v) is 8.66. The van der Waals surface area contributed by atoms with E-state index < -0.39 is 0 Å². The molecule has 0 spiro atoms. The number of likely N-dealkylation sites (tertiary alicyclic amines) is 1. The smallest absolute Gasteiger partial charge is 0.249 e. The number of carbonyl (C=O) groups excluding carboxylic acids is 1. The third-order valence-electron chi connectivity index (χ3n) is 2.93. The van der Waals surface area contributed by atoms with Gasteiger partial charge < -0.3 is 15.0 Å². The Hall–Kier alpha value is -0.610. The fraction of sp³-hybridized carbons (Fsp3) is 0.900. The fourth-order valence-corrected chi connectivity index (χ4v) is 2.10. The van der Waals surface area contributed by atoms with Gasteiger partial charge in [0.2, 0.25) is 5.91 Å². The Labute approximate surface area is 84.6 Å². The molecule has 2 aliphatic rings. The van der Waals surface area contributed by atoms with Gasteiger partial charge >= 0.3 is 0 Å². The molecule has 2 fully saturated rings. The van der Waals surface area contributed by atoms with E-state index >= 15 is 0 Å². The highest BCUT2D eigenvalue weighted by Crippen LogP contribution is 2.13. The van der Waals surface area contributed by atoms with Crippen LogP contribution in [0.5, 0.6) is 0 Å². The third-order valence-corrected chi connectivity index (χ3v) is 2.93. The summed E-state index contributed by atoms with van der Waals surface area (Å²) >= 11 is 0. The van der Waals surface area contributed by atoms with E-state index in [1.807, 2.05) is 0 Å². The van der Waals surface area contributed by atoms with Crippen molar-refractivity contribution in [3.8, 4) is 0 Å². The van der Waals surface area contributed by atoms with E-state index in [2.05, 4.69) is 17.3 Å². The normalized spacial score (nSPS) is 28.8. The molecule has 1 amide bonds. The Morgan fingerprint density at radius 2 is 2.36 bits per heavy atom. The second-order valence-corrected chi connectivity index (χ2v) is 4.33. The van der Waals surface area contributed by atoms with Gasteiger partial charge in [0.25, 0.3) is 0 Å². The van der Waals surface area contributed by atoms with Crippen molar-refractivity contribution in [2.24, 2.45) is 5.92 Å². The minimum atomic E-state index is -0.173. The van der Waals surface area contributed by atoms with Gasteiger partial charge in [-0.15, -0.1) is 0 Å². The summed E-state index contributed by atoms with van der Waals surface area (Å²) in [7, 11) is 2.10. The van der Waals surface area contributed by atoms with E-state index in [-0.39, 0.29) is 12.0 Å². The first-order valence-electron chi connectivity index (χ1n) is 5.33. The maximum atomic E-state index is 11.5. The zero-order chi connectivity index (χ0) is 9.97. The van der Waals surface area contributed by atoms with Gasteiger partial charge in [0.1, 0.15) is 6.10 Å². The van der Waals surface area contributed by atoms with Gasteiger partial charge in [0.15, 0.2) is 0 Å². The molecular formula is C10H18N2O2. The lowest BCUT2D eigenvalue weighted by Crippen LogP contribution is -2.50. The second kappa shape index (κ2) is 4.28. The molecule has 4 nitrogen and oxygen atoms in total. The van der Waals surface area contributed by atoms with Gasteiger partial charge in [-0.2, -0.15) is 0 Å². The number of amides is 1. The van der Waals surface area contributed by atoms with Crippen molar-refractivity contribution in [3.05, 3.63) is 0 Å². The van der Waals surface area contributed by atoms with E-state index in [0.29, 0.717) is 5.92 Å². The van der Waals surface area contributed by atoms with Crippen molar-refractivity contribution in [2.75, 3.05) is 33.3 Å². The number of nitrogens with zero attached hydrogens (tertiary/aromatic N) is 1. The highest BCUT2D eigenvalue weighted by molar-refractivity contribution is 5.80. The lowest BCUT2D eigenvalue weighted by molar-refractivity contribution is -0.130. The van der Waals surface area contributed by atoms with Crippen molar-refractivity contribution < 1.29 is 9.53 Å². The molecule has 2 aliphatic heterocycles. The average molecular weight is 198 g/mol. The van der Waals surface area contributed by atoms with Crippen LogP contribution in [0, 0.1) is 5.92 Å². The summed E-state index contributed by atoms with van der Waals surface area (Å²) in [6, 6.07) is 0. The summed E-state index contributed by atoms with van der Waals surface area (Å²) in [6.45, 7) is 3.75. The lowest BCUT2D eigenvalue weighted by atomic mass is 10.0. The molecule has 0 bridgehead atoms. The number of hydrogen-bond donors (Lipinski definition) is 1. The van der Waals surface area contributed by atoms with Gasteiger partial charge in [0.05, 0.1) is 0 Å². The van der Waals surface area contributed by atoms with Crippen molar-refractivity contribution in [1.29, 1.82) is 0 Å². The second-order valence-electron chi connectivity index (χ2n) is 4.33. The SMILES string of the molecule is CN1CC(CNC(=O)C2CCCO2)C1. The number of carbonyl (C=O) groups is 1. The van der Waals surface area contributed by atoms with Crippen LogP contribution in [0.3, 0.4) is 0 Å². The standard InChI is InChI=1S/C10H18N2O2/c1-12-6-8(7-12)5-11-10(13)9-3-2-4-14-9/h8-9H,2-7H2,1H3,(H,11,13). The largest absolute Gasteiger partial charge is 0.368 e. The van der Waals surface area contributed by atoms with Gasteiger partial charge in [0, 0.05) is 32.2 Å². The van der Waals surface area contributed by atoms with Gasteiger partial charge in [-0.1, -0.05) is 0 Å². The minimum Gasteiger partial charge on any atom is -0.368 e. The predicted octanol–water partition coefficient (Wildman–Crippen LogP) is -0.157. The quantitative estimate of drug-likeness (QED) is 0.685. The molecule has 14 heavy (non-hydrogen) atoms. The van der Waals surface area contributed by atoms with Gasteiger partial charge in [-0.3, -0.25) is 4.79 Å². The Morgan fingerprint density at radius 1 is 1.57 bits per heavy atom. The van der Waals surface area contributed by atoms with E-state index in [9.17, 15) is 4.79 Å². The molecule has 4 heteroatoms. The number of nitrogens with one attached hydrogen (secondary N) is 1. The number of ether oxygens (including phenoxy) is 1.